The van der Waals surface area contributed by atoms with Crippen molar-refractivity contribution in [3.05, 3.63) is 0 Å². The largest absolute Gasteiger partial charge is 0.465 e. The molecule has 4 nitrogen and oxygen atoms in total. The van der Waals surface area contributed by atoms with E-state index in [1.807, 2.05) is 0 Å². The molecule has 0 aliphatic rings. The second kappa shape index (κ2) is 5.57. The van der Waals surface area contributed by atoms with Crippen molar-refractivity contribution in [3.8, 4) is 0 Å². The van der Waals surface area contributed by atoms with E-state index >= 15 is 0 Å². The highest BCUT2D eigenvalue weighted by Crippen LogP contribution is 2.20. The fourth-order valence-corrected chi connectivity index (χ4v) is 0.795. The minimum atomic E-state index is -4.56. The third-order valence-corrected chi connectivity index (χ3v) is 1.45. The van der Waals surface area contributed by atoms with Gasteiger partial charge < -0.3 is 9.64 Å². The fraction of sp³-hybridized carbons (Fsp3) is 0.750. The number of hydrogen-bond donors (Lipinski definition) is 0. The lowest BCUT2D eigenvalue weighted by molar-refractivity contribution is -0.163. The fourth-order valence-electron chi connectivity index (χ4n) is 0.795. The molecule has 15 heavy (non-hydrogen) atoms. The molecule has 7 heteroatoms. The van der Waals surface area contributed by atoms with E-state index < -0.39 is 31.0 Å². The molecule has 0 unspecified atom stereocenters. The van der Waals surface area contributed by atoms with Gasteiger partial charge in [0.25, 0.3) is 0 Å². The lowest BCUT2D eigenvalue weighted by atomic mass is 10.3. The Morgan fingerprint density at radius 1 is 1.33 bits per heavy atom. The van der Waals surface area contributed by atoms with E-state index in [2.05, 4.69) is 4.74 Å². The van der Waals surface area contributed by atoms with Crippen molar-refractivity contribution in [2.75, 3.05) is 20.2 Å². The van der Waals surface area contributed by atoms with E-state index in [0.717, 1.165) is 7.05 Å². The minimum Gasteiger partial charge on any atom is -0.465 e. The van der Waals surface area contributed by atoms with Crippen LogP contribution in [-0.2, 0) is 14.3 Å². The quantitative estimate of drug-likeness (QED) is 0.672. The van der Waals surface area contributed by atoms with Crippen LogP contribution in [0.15, 0.2) is 0 Å². The molecule has 0 aromatic carbocycles. The molecule has 0 saturated carbocycles. The Balaban J connectivity index is 4.05. The molecule has 0 aromatic rings. The molecule has 0 radical (unpaired) electrons. The molecule has 0 spiro atoms. The van der Waals surface area contributed by atoms with Gasteiger partial charge in [0, 0.05) is 7.05 Å². The molecule has 0 rings (SSSR count). The molecule has 0 N–H and O–H groups in total. The molecule has 0 fully saturated rings. The number of alkyl halides is 3. The molecular weight excluding hydrogens is 215 g/mol. The van der Waals surface area contributed by atoms with Gasteiger partial charge in [-0.1, -0.05) is 0 Å². The predicted octanol–water partition coefficient (Wildman–Crippen LogP) is 0.960. The second-order valence-electron chi connectivity index (χ2n) is 2.85. The zero-order valence-corrected chi connectivity index (χ0v) is 8.43. The maximum atomic E-state index is 11.8. The summed E-state index contributed by atoms with van der Waals surface area (Å²) in [5, 5.41) is 0. The van der Waals surface area contributed by atoms with Gasteiger partial charge in [-0.15, -0.1) is 0 Å². The van der Waals surface area contributed by atoms with Crippen molar-refractivity contribution in [2.45, 2.75) is 19.5 Å². The van der Waals surface area contributed by atoms with Crippen LogP contribution in [-0.4, -0.2) is 43.2 Å². The van der Waals surface area contributed by atoms with Gasteiger partial charge in [-0.3, -0.25) is 9.59 Å². The summed E-state index contributed by atoms with van der Waals surface area (Å²) in [6.07, 6.45) is -6.12. The highest BCUT2D eigenvalue weighted by molar-refractivity contribution is 5.82. The van der Waals surface area contributed by atoms with Gasteiger partial charge in [0.1, 0.15) is 13.0 Å². The monoisotopic (exact) mass is 227 g/mol. The summed E-state index contributed by atoms with van der Waals surface area (Å²) in [5.74, 6) is -1.88. The predicted molar refractivity (Wildman–Crippen MR) is 44.9 cm³/mol. The van der Waals surface area contributed by atoms with Crippen molar-refractivity contribution >= 4 is 11.9 Å². The van der Waals surface area contributed by atoms with Crippen LogP contribution < -0.4 is 0 Å². The summed E-state index contributed by atoms with van der Waals surface area (Å²) in [6, 6.07) is 0. The number of halogens is 3. The summed E-state index contributed by atoms with van der Waals surface area (Å²) in [5.41, 5.74) is 0. The van der Waals surface area contributed by atoms with E-state index in [4.69, 9.17) is 0 Å². The summed E-state index contributed by atoms with van der Waals surface area (Å²) >= 11 is 0. The number of hydrogen-bond acceptors (Lipinski definition) is 3. The normalized spacial score (nSPS) is 11.0. The second-order valence-corrected chi connectivity index (χ2v) is 2.85. The van der Waals surface area contributed by atoms with Crippen LogP contribution in [0.25, 0.3) is 0 Å². The SMILES string of the molecule is CCOC(=O)CN(C)C(=O)CC(F)(F)F. The molecule has 0 heterocycles. The van der Waals surface area contributed by atoms with Crippen LogP contribution in [0.1, 0.15) is 13.3 Å². The molecule has 0 saturated heterocycles. The number of amides is 1. The van der Waals surface area contributed by atoms with Crippen molar-refractivity contribution in [1.29, 1.82) is 0 Å². The molecular formula is C8H12F3NO3. The van der Waals surface area contributed by atoms with E-state index in [-0.39, 0.29) is 6.61 Å². The number of esters is 1. The van der Waals surface area contributed by atoms with Crippen LogP contribution >= 0.6 is 0 Å². The Bertz CT molecular complexity index is 240. The van der Waals surface area contributed by atoms with Crippen molar-refractivity contribution in [1.82, 2.24) is 4.90 Å². The average molecular weight is 227 g/mol. The van der Waals surface area contributed by atoms with Gasteiger partial charge in [0.05, 0.1) is 6.61 Å². The van der Waals surface area contributed by atoms with Crippen LogP contribution in [0.3, 0.4) is 0 Å². The highest BCUT2D eigenvalue weighted by Gasteiger charge is 2.33. The highest BCUT2D eigenvalue weighted by atomic mass is 19.4. The molecule has 0 atom stereocenters. The first kappa shape index (κ1) is 13.7. The summed E-state index contributed by atoms with van der Waals surface area (Å²) in [6.45, 7) is 1.22. The van der Waals surface area contributed by atoms with E-state index in [9.17, 15) is 22.8 Å². The Morgan fingerprint density at radius 3 is 2.27 bits per heavy atom. The van der Waals surface area contributed by atoms with Gasteiger partial charge in [-0.25, -0.2) is 0 Å². The third kappa shape index (κ3) is 6.75. The van der Waals surface area contributed by atoms with Crippen LogP contribution in [0, 0.1) is 0 Å². The first-order chi connectivity index (χ1) is 6.76. The minimum absolute atomic E-state index is 0.125. The van der Waals surface area contributed by atoms with Gasteiger partial charge in [-0.05, 0) is 6.92 Å². The molecule has 88 valence electrons. The van der Waals surface area contributed by atoms with E-state index in [0.29, 0.717) is 4.90 Å². The molecule has 0 aliphatic carbocycles. The first-order valence-electron chi connectivity index (χ1n) is 4.22. The molecule has 0 aliphatic heterocycles. The van der Waals surface area contributed by atoms with Crippen LogP contribution in [0.4, 0.5) is 13.2 Å². The third-order valence-electron chi connectivity index (χ3n) is 1.45. The number of likely N-dealkylation sites (N-methyl/N-ethyl adjacent to an activating group) is 1. The van der Waals surface area contributed by atoms with E-state index in [1.54, 1.807) is 6.92 Å². The Kier molecular flexibility index (Phi) is 5.10. The number of nitrogens with zero attached hydrogens (tertiary/aromatic N) is 1. The zero-order chi connectivity index (χ0) is 12.1. The number of rotatable bonds is 4. The van der Waals surface area contributed by atoms with Gasteiger partial charge in [0.2, 0.25) is 5.91 Å². The van der Waals surface area contributed by atoms with Gasteiger partial charge in [-0.2, -0.15) is 13.2 Å². The molecule has 1 amide bonds. The Hall–Kier alpha value is -1.27. The maximum Gasteiger partial charge on any atom is 0.397 e. The maximum absolute atomic E-state index is 11.8. The topological polar surface area (TPSA) is 46.6 Å². The smallest absolute Gasteiger partial charge is 0.397 e. The molecule has 0 bridgehead atoms. The summed E-state index contributed by atoms with van der Waals surface area (Å²) in [7, 11) is 1.12. The van der Waals surface area contributed by atoms with Crippen LogP contribution in [0.5, 0.6) is 0 Å². The van der Waals surface area contributed by atoms with E-state index in [1.165, 1.54) is 0 Å². The zero-order valence-electron chi connectivity index (χ0n) is 8.43. The Labute approximate surface area is 85.0 Å². The Morgan fingerprint density at radius 2 is 1.87 bits per heavy atom. The summed E-state index contributed by atoms with van der Waals surface area (Å²) in [4.78, 5) is 22.4. The van der Waals surface area contributed by atoms with Gasteiger partial charge in [0.15, 0.2) is 0 Å². The standard InChI is InChI=1S/C8H12F3NO3/c1-3-15-7(14)5-12(2)6(13)4-8(9,10)11/h3-5H2,1-2H3. The number of carbonyl (C=O) groups is 2. The lowest BCUT2D eigenvalue weighted by Crippen LogP contribution is -2.35. The van der Waals surface area contributed by atoms with Crippen molar-refractivity contribution in [2.24, 2.45) is 0 Å². The first-order valence-corrected chi connectivity index (χ1v) is 4.22. The van der Waals surface area contributed by atoms with Crippen LogP contribution in [0.2, 0.25) is 0 Å². The summed E-state index contributed by atoms with van der Waals surface area (Å²) < 4.78 is 39.8. The van der Waals surface area contributed by atoms with Crippen molar-refractivity contribution < 1.29 is 27.5 Å². The lowest BCUT2D eigenvalue weighted by Gasteiger charge is -2.16. The van der Waals surface area contributed by atoms with Gasteiger partial charge >= 0.3 is 12.1 Å². The molecule has 0 aromatic heterocycles. The average Bonchev–Trinajstić information content (AvgIpc) is 2.00. The van der Waals surface area contributed by atoms with Crippen molar-refractivity contribution in [3.63, 3.8) is 0 Å². The number of carbonyl (C=O) groups excluding carboxylic acids is 2. The number of ether oxygens (including phenoxy) is 1.